The topological polar surface area (TPSA) is 68.1 Å². The predicted octanol–water partition coefficient (Wildman–Crippen LogP) is 4.23. The molecule has 0 saturated heterocycles. The Morgan fingerprint density at radius 2 is 1.79 bits per heavy atom. The van der Waals surface area contributed by atoms with Crippen LogP contribution in [0.3, 0.4) is 0 Å². The van der Waals surface area contributed by atoms with E-state index in [1.807, 2.05) is 37.3 Å². The second-order valence-electron chi connectivity index (χ2n) is 6.42. The third kappa shape index (κ3) is 3.93. The van der Waals surface area contributed by atoms with Crippen molar-refractivity contribution in [2.24, 2.45) is 7.05 Å². The lowest BCUT2D eigenvalue weighted by molar-refractivity contribution is -0.116. The summed E-state index contributed by atoms with van der Waals surface area (Å²) in [5, 5.41) is 6.60. The smallest absolute Gasteiger partial charge is 0.295 e. The van der Waals surface area contributed by atoms with E-state index in [1.165, 1.54) is 0 Å². The van der Waals surface area contributed by atoms with Crippen LogP contribution in [-0.2, 0) is 11.8 Å². The highest BCUT2D eigenvalue weighted by Gasteiger charge is 2.21. The van der Waals surface area contributed by atoms with E-state index in [4.69, 9.17) is 23.2 Å². The number of hydrogen-bond acceptors (Lipinski definition) is 3. The third-order valence-corrected chi connectivity index (χ3v) is 5.06. The van der Waals surface area contributed by atoms with E-state index in [2.05, 4.69) is 10.6 Å². The van der Waals surface area contributed by atoms with Crippen LogP contribution in [0, 0.1) is 6.92 Å². The van der Waals surface area contributed by atoms with Crippen LogP contribution in [0.15, 0.2) is 53.3 Å². The summed E-state index contributed by atoms with van der Waals surface area (Å²) in [7, 11) is 1.80. The zero-order chi connectivity index (χ0) is 20.4. The van der Waals surface area contributed by atoms with Crippen LogP contribution in [-0.4, -0.2) is 21.3 Å². The number of para-hydroxylation sites is 1. The molecule has 28 heavy (non-hydrogen) atoms. The van der Waals surface area contributed by atoms with Gasteiger partial charge in [-0.1, -0.05) is 41.4 Å². The number of halogens is 2. The first kappa shape index (κ1) is 20.0. The van der Waals surface area contributed by atoms with Crippen molar-refractivity contribution in [3.63, 3.8) is 0 Å². The van der Waals surface area contributed by atoms with Gasteiger partial charge in [-0.2, -0.15) is 0 Å². The van der Waals surface area contributed by atoms with Crippen molar-refractivity contribution < 1.29 is 4.79 Å². The van der Waals surface area contributed by atoms with Gasteiger partial charge in [0.2, 0.25) is 5.91 Å². The molecule has 2 aromatic carbocycles. The van der Waals surface area contributed by atoms with Gasteiger partial charge in [0.25, 0.3) is 5.56 Å². The van der Waals surface area contributed by atoms with Gasteiger partial charge in [-0.15, -0.1) is 0 Å². The maximum atomic E-state index is 12.9. The van der Waals surface area contributed by atoms with Crippen molar-refractivity contribution in [2.45, 2.75) is 19.9 Å². The van der Waals surface area contributed by atoms with Crippen LogP contribution in [0.4, 0.5) is 11.4 Å². The Kier molecular flexibility index (Phi) is 5.82. The second-order valence-corrected chi connectivity index (χ2v) is 7.26. The van der Waals surface area contributed by atoms with Gasteiger partial charge in [-0.3, -0.25) is 14.3 Å². The summed E-state index contributed by atoms with van der Waals surface area (Å²) < 4.78 is 3.30. The van der Waals surface area contributed by atoms with Gasteiger partial charge in [-0.25, -0.2) is 4.68 Å². The average molecular weight is 419 g/mol. The SMILES string of the molecule is Cc1c(NC(C)C(=O)Nc2cc(Cl)ccc2Cl)c(=O)n(-c2ccccc2)n1C. The van der Waals surface area contributed by atoms with Crippen LogP contribution >= 0.6 is 23.2 Å². The van der Waals surface area contributed by atoms with Crippen molar-refractivity contribution in [1.29, 1.82) is 0 Å². The first-order chi connectivity index (χ1) is 13.3. The van der Waals surface area contributed by atoms with Crippen molar-refractivity contribution in [1.82, 2.24) is 9.36 Å². The lowest BCUT2D eigenvalue weighted by atomic mass is 10.2. The summed E-state index contributed by atoms with van der Waals surface area (Å²) in [6.07, 6.45) is 0. The van der Waals surface area contributed by atoms with Gasteiger partial charge < -0.3 is 10.6 Å². The molecule has 0 radical (unpaired) electrons. The van der Waals surface area contributed by atoms with Gasteiger partial charge in [0, 0.05) is 12.1 Å². The monoisotopic (exact) mass is 418 g/mol. The number of carbonyl (C=O) groups excluding carboxylic acids is 1. The van der Waals surface area contributed by atoms with Gasteiger partial charge in [0.1, 0.15) is 11.7 Å². The van der Waals surface area contributed by atoms with Crippen molar-refractivity contribution in [2.75, 3.05) is 10.6 Å². The van der Waals surface area contributed by atoms with Crippen LogP contribution in [0.25, 0.3) is 5.69 Å². The number of benzene rings is 2. The minimum Gasteiger partial charge on any atom is -0.368 e. The molecule has 0 spiro atoms. The summed E-state index contributed by atoms with van der Waals surface area (Å²) in [4.78, 5) is 25.5. The Hall–Kier alpha value is -2.70. The molecule has 0 aliphatic carbocycles. The van der Waals surface area contributed by atoms with Gasteiger partial charge in [-0.05, 0) is 44.2 Å². The second kappa shape index (κ2) is 8.12. The fourth-order valence-corrected chi connectivity index (χ4v) is 3.19. The summed E-state index contributed by atoms with van der Waals surface area (Å²) in [6, 6.07) is 13.5. The molecule has 2 N–H and O–H groups in total. The summed E-state index contributed by atoms with van der Waals surface area (Å²) in [5.74, 6) is -0.335. The van der Waals surface area contributed by atoms with Gasteiger partial charge in [0.15, 0.2) is 0 Å². The number of nitrogens with zero attached hydrogens (tertiary/aromatic N) is 2. The zero-order valence-electron chi connectivity index (χ0n) is 15.7. The first-order valence-electron chi connectivity index (χ1n) is 8.66. The van der Waals surface area contributed by atoms with Crippen molar-refractivity contribution in [3.05, 3.63) is 74.6 Å². The highest BCUT2D eigenvalue weighted by atomic mass is 35.5. The maximum absolute atomic E-state index is 12.9. The van der Waals surface area contributed by atoms with Crippen LogP contribution < -0.4 is 16.2 Å². The molecule has 1 heterocycles. The van der Waals surface area contributed by atoms with Crippen LogP contribution in [0.5, 0.6) is 0 Å². The highest BCUT2D eigenvalue weighted by molar-refractivity contribution is 6.35. The molecule has 0 saturated carbocycles. The number of carbonyl (C=O) groups is 1. The van der Waals surface area contributed by atoms with E-state index in [0.717, 1.165) is 5.69 Å². The number of amides is 1. The molecule has 1 unspecified atom stereocenters. The molecule has 1 amide bonds. The molecule has 1 atom stereocenters. The largest absolute Gasteiger partial charge is 0.368 e. The standard InChI is InChI=1S/C20H20Cl2N4O2/c1-12(19(27)24-17-11-14(21)9-10-16(17)22)23-18-13(2)25(3)26(20(18)28)15-7-5-4-6-8-15/h4-12,23H,1-3H3,(H,24,27). The summed E-state index contributed by atoms with van der Waals surface area (Å²) in [5.41, 5.74) is 2.01. The molecule has 1 aromatic heterocycles. The highest BCUT2D eigenvalue weighted by Crippen LogP contribution is 2.25. The minimum atomic E-state index is -0.673. The van der Waals surface area contributed by atoms with Gasteiger partial charge >= 0.3 is 0 Å². The first-order valence-corrected chi connectivity index (χ1v) is 9.41. The molecule has 6 nitrogen and oxygen atoms in total. The molecular weight excluding hydrogens is 399 g/mol. The van der Waals surface area contributed by atoms with E-state index in [0.29, 0.717) is 27.1 Å². The molecule has 0 aliphatic rings. The van der Waals surface area contributed by atoms with E-state index in [-0.39, 0.29) is 11.5 Å². The van der Waals surface area contributed by atoms with E-state index >= 15 is 0 Å². The molecular formula is C20H20Cl2N4O2. The van der Waals surface area contributed by atoms with Crippen LogP contribution in [0.1, 0.15) is 12.6 Å². The summed E-state index contributed by atoms with van der Waals surface area (Å²) in [6.45, 7) is 3.49. The fourth-order valence-electron chi connectivity index (χ4n) is 2.85. The molecule has 0 aliphatic heterocycles. The lowest BCUT2D eigenvalue weighted by Crippen LogP contribution is -2.34. The molecule has 0 fully saturated rings. The Labute approximate surface area is 172 Å². The Bertz CT molecular complexity index is 1070. The maximum Gasteiger partial charge on any atom is 0.295 e. The zero-order valence-corrected chi connectivity index (χ0v) is 17.2. The number of nitrogens with one attached hydrogen (secondary N) is 2. The van der Waals surface area contributed by atoms with E-state index < -0.39 is 6.04 Å². The quantitative estimate of drug-likeness (QED) is 0.651. The molecule has 8 heteroatoms. The number of hydrogen-bond donors (Lipinski definition) is 2. The lowest BCUT2D eigenvalue weighted by Gasteiger charge is -2.15. The molecule has 146 valence electrons. The predicted molar refractivity (Wildman–Crippen MR) is 114 cm³/mol. The third-order valence-electron chi connectivity index (χ3n) is 4.49. The Morgan fingerprint density at radius 3 is 2.46 bits per heavy atom. The molecule has 0 bridgehead atoms. The van der Waals surface area contributed by atoms with E-state index in [9.17, 15) is 9.59 Å². The minimum absolute atomic E-state index is 0.230. The number of aromatic nitrogens is 2. The van der Waals surface area contributed by atoms with Crippen LogP contribution in [0.2, 0.25) is 10.0 Å². The molecule has 3 aromatic rings. The summed E-state index contributed by atoms with van der Waals surface area (Å²) >= 11 is 12.1. The Balaban J connectivity index is 1.84. The number of rotatable bonds is 5. The average Bonchev–Trinajstić information content (AvgIpc) is 2.88. The fraction of sp³-hybridized carbons (Fsp3) is 0.200. The normalized spacial score (nSPS) is 11.9. The van der Waals surface area contributed by atoms with Crippen molar-refractivity contribution in [3.8, 4) is 5.69 Å². The van der Waals surface area contributed by atoms with Crippen molar-refractivity contribution >= 4 is 40.5 Å². The van der Waals surface area contributed by atoms with Gasteiger partial charge in [0.05, 0.1) is 22.1 Å². The molecule has 3 rings (SSSR count). The Morgan fingerprint density at radius 1 is 1.11 bits per heavy atom. The number of anilines is 2. The van der Waals surface area contributed by atoms with E-state index in [1.54, 1.807) is 41.5 Å².